The number of halogens is 2. The van der Waals surface area contributed by atoms with Crippen molar-refractivity contribution in [3.63, 3.8) is 0 Å². The normalized spacial score (nSPS) is 12.2. The fraction of sp³-hybridized carbons (Fsp3) is 0.417. The van der Waals surface area contributed by atoms with Gasteiger partial charge in [0.2, 0.25) is 5.91 Å². The highest BCUT2D eigenvalue weighted by Gasteiger charge is 2.10. The van der Waals surface area contributed by atoms with Crippen molar-refractivity contribution in [3.8, 4) is 0 Å². The zero-order valence-corrected chi connectivity index (χ0v) is 12.9. The Hall–Kier alpha value is -0.780. The molecule has 1 rings (SSSR count). The summed E-state index contributed by atoms with van der Waals surface area (Å²) in [5.74, 6) is 0.926. The van der Waals surface area contributed by atoms with E-state index >= 15 is 0 Å². The Balaban J connectivity index is 2.56. The molecule has 0 bridgehead atoms. The van der Waals surface area contributed by atoms with Crippen LogP contribution in [0.25, 0.3) is 0 Å². The van der Waals surface area contributed by atoms with Crippen LogP contribution in [-0.4, -0.2) is 21.6 Å². The topological polar surface area (TPSA) is 72.2 Å². The van der Waals surface area contributed by atoms with E-state index in [1.54, 1.807) is 0 Å². The van der Waals surface area contributed by atoms with Crippen LogP contribution in [-0.2, 0) is 15.6 Å². The second-order valence-corrected chi connectivity index (χ2v) is 6.65. The highest BCUT2D eigenvalue weighted by Crippen LogP contribution is 2.32. The predicted octanol–water partition coefficient (Wildman–Crippen LogP) is 3.06. The van der Waals surface area contributed by atoms with Gasteiger partial charge in [-0.05, 0) is 18.6 Å². The first-order valence-electron chi connectivity index (χ1n) is 5.83. The maximum atomic E-state index is 11.7. The molecule has 0 radical (unpaired) electrons. The number of rotatable bonds is 6. The lowest BCUT2D eigenvalue weighted by molar-refractivity contribution is -0.116. The minimum absolute atomic E-state index is 0.205. The van der Waals surface area contributed by atoms with Gasteiger partial charge in [-0.15, -0.1) is 0 Å². The molecule has 0 aliphatic heterocycles. The Labute approximate surface area is 125 Å². The van der Waals surface area contributed by atoms with E-state index in [0.29, 0.717) is 39.3 Å². The Bertz CT molecular complexity index is 472. The van der Waals surface area contributed by atoms with Crippen molar-refractivity contribution in [2.75, 3.05) is 22.6 Å². The Morgan fingerprint density at radius 1 is 1.42 bits per heavy atom. The molecule has 0 heterocycles. The van der Waals surface area contributed by atoms with E-state index < -0.39 is 10.8 Å². The summed E-state index contributed by atoms with van der Waals surface area (Å²) < 4.78 is 11.2. The summed E-state index contributed by atoms with van der Waals surface area (Å²) in [7, 11) is -0.850. The van der Waals surface area contributed by atoms with Crippen molar-refractivity contribution >= 4 is 51.3 Å². The summed E-state index contributed by atoms with van der Waals surface area (Å²) in [6.45, 7) is 1.85. The minimum Gasteiger partial charge on any atom is -0.397 e. The zero-order valence-electron chi connectivity index (χ0n) is 10.5. The predicted molar refractivity (Wildman–Crippen MR) is 82.3 cm³/mol. The summed E-state index contributed by atoms with van der Waals surface area (Å²) in [5, 5.41) is 3.36. The second kappa shape index (κ2) is 7.72. The lowest BCUT2D eigenvalue weighted by Gasteiger charge is -2.10. The average Bonchev–Trinajstić information content (AvgIpc) is 2.33. The van der Waals surface area contributed by atoms with Crippen molar-refractivity contribution in [1.82, 2.24) is 0 Å². The summed E-state index contributed by atoms with van der Waals surface area (Å²) in [6, 6.07) is 3.04. The molecule has 0 fully saturated rings. The van der Waals surface area contributed by atoms with Gasteiger partial charge in [0.25, 0.3) is 0 Å². The molecule has 1 atom stereocenters. The van der Waals surface area contributed by atoms with Crippen molar-refractivity contribution in [2.45, 2.75) is 19.8 Å². The number of hydrogen-bond donors (Lipinski definition) is 2. The monoisotopic (exact) mass is 322 g/mol. The number of nitrogen functional groups attached to an aromatic ring is 1. The number of amides is 1. The molecule has 0 aliphatic rings. The van der Waals surface area contributed by atoms with Gasteiger partial charge in [-0.1, -0.05) is 30.1 Å². The fourth-order valence-corrected chi connectivity index (χ4v) is 2.78. The van der Waals surface area contributed by atoms with Crippen molar-refractivity contribution < 1.29 is 9.00 Å². The van der Waals surface area contributed by atoms with E-state index in [1.165, 1.54) is 12.1 Å². The first-order valence-corrected chi connectivity index (χ1v) is 8.07. The number of carbonyl (C=O) groups is 1. The molecule has 0 spiro atoms. The van der Waals surface area contributed by atoms with Gasteiger partial charge in [0.1, 0.15) is 0 Å². The van der Waals surface area contributed by atoms with Crippen LogP contribution in [0.15, 0.2) is 12.1 Å². The van der Waals surface area contributed by atoms with E-state index in [1.807, 2.05) is 6.92 Å². The van der Waals surface area contributed by atoms with Crippen molar-refractivity contribution in [1.29, 1.82) is 0 Å². The van der Waals surface area contributed by atoms with E-state index in [0.717, 1.165) is 0 Å². The molecule has 3 N–H and O–H groups in total. The standard InChI is InChI=1S/C12H16Cl2N2O2S/c1-2-19(18)5-3-4-11(17)16-12-9(14)6-8(13)7-10(12)15/h6-7H,2-5,15H2,1H3,(H,16,17). The molecular formula is C12H16Cl2N2O2S. The number of anilines is 2. The number of nitrogens with one attached hydrogen (secondary N) is 1. The van der Waals surface area contributed by atoms with Crippen LogP contribution < -0.4 is 11.1 Å². The van der Waals surface area contributed by atoms with Crippen LogP contribution in [0.4, 0.5) is 11.4 Å². The first-order chi connectivity index (χ1) is 8.93. The van der Waals surface area contributed by atoms with E-state index in [2.05, 4.69) is 5.32 Å². The lowest BCUT2D eigenvalue weighted by Crippen LogP contribution is -2.14. The van der Waals surface area contributed by atoms with Gasteiger partial charge in [-0.2, -0.15) is 0 Å². The molecule has 7 heteroatoms. The van der Waals surface area contributed by atoms with E-state index in [-0.39, 0.29) is 12.3 Å². The number of hydrogen-bond acceptors (Lipinski definition) is 3. The molecule has 1 unspecified atom stereocenters. The van der Waals surface area contributed by atoms with Crippen LogP contribution in [0, 0.1) is 0 Å². The van der Waals surface area contributed by atoms with Gasteiger partial charge >= 0.3 is 0 Å². The lowest BCUT2D eigenvalue weighted by atomic mass is 10.2. The molecule has 1 aromatic rings. The fourth-order valence-electron chi connectivity index (χ4n) is 1.47. The maximum Gasteiger partial charge on any atom is 0.224 e. The van der Waals surface area contributed by atoms with Gasteiger partial charge in [-0.25, -0.2) is 0 Å². The highest BCUT2D eigenvalue weighted by atomic mass is 35.5. The van der Waals surface area contributed by atoms with Crippen LogP contribution >= 0.6 is 23.2 Å². The molecule has 1 amide bonds. The molecule has 19 heavy (non-hydrogen) atoms. The van der Waals surface area contributed by atoms with Crippen LogP contribution in [0.3, 0.4) is 0 Å². The minimum atomic E-state index is -0.850. The van der Waals surface area contributed by atoms with E-state index in [4.69, 9.17) is 28.9 Å². The van der Waals surface area contributed by atoms with Crippen LogP contribution in [0.5, 0.6) is 0 Å². The quantitative estimate of drug-likeness (QED) is 0.790. The SMILES string of the molecule is CCS(=O)CCCC(=O)Nc1c(N)cc(Cl)cc1Cl. The maximum absolute atomic E-state index is 11.7. The molecule has 4 nitrogen and oxygen atoms in total. The Morgan fingerprint density at radius 2 is 2.11 bits per heavy atom. The van der Waals surface area contributed by atoms with Gasteiger partial charge < -0.3 is 11.1 Å². The summed E-state index contributed by atoms with van der Waals surface area (Å²) in [5.41, 5.74) is 6.43. The third kappa shape index (κ3) is 5.38. The zero-order chi connectivity index (χ0) is 14.4. The summed E-state index contributed by atoms with van der Waals surface area (Å²) in [6.07, 6.45) is 0.849. The smallest absolute Gasteiger partial charge is 0.224 e. The van der Waals surface area contributed by atoms with Gasteiger partial charge in [-0.3, -0.25) is 9.00 Å². The van der Waals surface area contributed by atoms with Crippen molar-refractivity contribution in [3.05, 3.63) is 22.2 Å². The van der Waals surface area contributed by atoms with E-state index in [9.17, 15) is 9.00 Å². The summed E-state index contributed by atoms with van der Waals surface area (Å²) in [4.78, 5) is 11.7. The molecule has 0 aliphatic carbocycles. The molecule has 106 valence electrons. The third-order valence-corrected chi connectivity index (χ3v) is 4.35. The Kier molecular flexibility index (Phi) is 6.62. The third-order valence-electron chi connectivity index (χ3n) is 2.45. The van der Waals surface area contributed by atoms with Gasteiger partial charge in [0, 0.05) is 33.7 Å². The molecule has 0 aromatic heterocycles. The Morgan fingerprint density at radius 3 is 2.68 bits per heavy atom. The first kappa shape index (κ1) is 16.3. The second-order valence-electron chi connectivity index (χ2n) is 3.94. The summed E-state index contributed by atoms with van der Waals surface area (Å²) >= 11 is 11.7. The largest absolute Gasteiger partial charge is 0.397 e. The van der Waals surface area contributed by atoms with Crippen LogP contribution in [0.2, 0.25) is 10.0 Å². The van der Waals surface area contributed by atoms with Gasteiger partial charge in [0.15, 0.2) is 0 Å². The van der Waals surface area contributed by atoms with Gasteiger partial charge in [0.05, 0.1) is 16.4 Å². The molecular weight excluding hydrogens is 307 g/mol. The molecule has 0 saturated heterocycles. The highest BCUT2D eigenvalue weighted by molar-refractivity contribution is 7.84. The molecule has 0 saturated carbocycles. The van der Waals surface area contributed by atoms with Crippen LogP contribution in [0.1, 0.15) is 19.8 Å². The number of carbonyl (C=O) groups excluding carboxylic acids is 1. The average molecular weight is 323 g/mol. The molecule has 1 aromatic carbocycles. The van der Waals surface area contributed by atoms with Crippen molar-refractivity contribution in [2.24, 2.45) is 0 Å². The number of nitrogens with two attached hydrogens (primary N) is 1. The number of benzene rings is 1.